The fourth-order valence-electron chi connectivity index (χ4n) is 2.95. The predicted octanol–water partition coefficient (Wildman–Crippen LogP) is 2.55. The van der Waals surface area contributed by atoms with Crippen LogP contribution in [0.5, 0.6) is 0 Å². The first-order chi connectivity index (χ1) is 11.1. The van der Waals surface area contributed by atoms with Crippen LogP contribution < -0.4 is 4.90 Å². The molecule has 0 spiro atoms. The van der Waals surface area contributed by atoms with Crippen molar-refractivity contribution in [2.45, 2.75) is 6.42 Å². The van der Waals surface area contributed by atoms with Crippen LogP contribution in [-0.2, 0) is 4.79 Å². The summed E-state index contributed by atoms with van der Waals surface area (Å²) < 4.78 is 0. The summed E-state index contributed by atoms with van der Waals surface area (Å²) in [7, 11) is 0. The summed E-state index contributed by atoms with van der Waals surface area (Å²) in [6, 6.07) is 7.95. The summed E-state index contributed by atoms with van der Waals surface area (Å²) >= 11 is 7.15. The average Bonchev–Trinajstić information content (AvgIpc) is 2.87. The topological polar surface area (TPSA) is 43.9 Å². The lowest BCUT2D eigenvalue weighted by Gasteiger charge is -2.36. The molecule has 5 nitrogen and oxygen atoms in total. The van der Waals surface area contributed by atoms with Crippen molar-refractivity contribution in [3.63, 3.8) is 0 Å². The van der Waals surface area contributed by atoms with Crippen molar-refractivity contribution < 1.29 is 9.59 Å². The minimum Gasteiger partial charge on any atom is -0.369 e. The number of hydrogen-bond donors (Lipinski definition) is 0. The molecule has 2 heterocycles. The first-order valence-electron chi connectivity index (χ1n) is 7.83. The molecular weight excluding hydrogens is 334 g/mol. The van der Waals surface area contributed by atoms with Gasteiger partial charge in [-0.1, -0.05) is 29.4 Å². The third-order valence-corrected chi connectivity index (χ3v) is 5.34. The van der Waals surface area contributed by atoms with Gasteiger partial charge in [0.25, 0.3) is 5.24 Å². The molecule has 0 atom stereocenters. The van der Waals surface area contributed by atoms with Crippen molar-refractivity contribution in [1.29, 1.82) is 0 Å². The fraction of sp³-hybridized carbons (Fsp3) is 0.500. The van der Waals surface area contributed by atoms with Gasteiger partial charge in [-0.3, -0.25) is 19.4 Å². The number of carbonyl (C=O) groups excluding carboxylic acids is 2. The van der Waals surface area contributed by atoms with E-state index < -0.39 is 0 Å². The monoisotopic (exact) mass is 353 g/mol. The van der Waals surface area contributed by atoms with E-state index in [0.717, 1.165) is 55.9 Å². The van der Waals surface area contributed by atoms with Crippen LogP contribution in [0.25, 0.3) is 0 Å². The van der Waals surface area contributed by atoms with E-state index in [4.69, 9.17) is 11.6 Å². The summed E-state index contributed by atoms with van der Waals surface area (Å²) in [5.74, 6) is 0.253. The second kappa shape index (κ2) is 7.55. The van der Waals surface area contributed by atoms with Crippen molar-refractivity contribution in [1.82, 2.24) is 9.80 Å². The van der Waals surface area contributed by atoms with Gasteiger partial charge in [0.1, 0.15) is 0 Å². The summed E-state index contributed by atoms with van der Waals surface area (Å²) in [6.07, 6.45) is 0.842. The van der Waals surface area contributed by atoms with Gasteiger partial charge in [0.2, 0.25) is 5.91 Å². The zero-order valence-corrected chi connectivity index (χ0v) is 14.5. The first kappa shape index (κ1) is 16.6. The van der Waals surface area contributed by atoms with Gasteiger partial charge in [-0.05, 0) is 31.2 Å². The molecule has 0 saturated carbocycles. The number of nitrogens with zero attached hydrogens (tertiary/aromatic N) is 3. The molecule has 1 aromatic carbocycles. The third kappa shape index (κ3) is 4.19. The highest BCUT2D eigenvalue weighted by Crippen LogP contribution is 2.21. The van der Waals surface area contributed by atoms with E-state index in [1.165, 1.54) is 10.6 Å². The maximum Gasteiger partial charge on any atom is 0.288 e. The molecule has 0 aliphatic carbocycles. The van der Waals surface area contributed by atoms with Gasteiger partial charge >= 0.3 is 0 Å². The van der Waals surface area contributed by atoms with Crippen LogP contribution in [-0.4, -0.2) is 66.0 Å². The minimum absolute atomic E-state index is 0.0502. The van der Waals surface area contributed by atoms with Crippen molar-refractivity contribution >= 4 is 40.2 Å². The van der Waals surface area contributed by atoms with Crippen molar-refractivity contribution in [2.75, 3.05) is 49.9 Å². The zero-order valence-electron chi connectivity index (χ0n) is 12.9. The van der Waals surface area contributed by atoms with E-state index in [2.05, 4.69) is 15.9 Å². The Bertz CT molecular complexity index is 574. The lowest BCUT2D eigenvalue weighted by atomic mass is 10.2. The molecule has 0 aromatic heterocycles. The average molecular weight is 354 g/mol. The fourth-order valence-corrected chi connectivity index (χ4v) is 3.89. The van der Waals surface area contributed by atoms with Crippen LogP contribution in [0.15, 0.2) is 24.3 Å². The molecule has 2 amide bonds. The molecule has 7 heteroatoms. The molecule has 2 aliphatic rings. The number of imide groups is 1. The summed E-state index contributed by atoms with van der Waals surface area (Å²) in [5.41, 5.74) is 1.17. The molecule has 2 fully saturated rings. The second-order valence-electron chi connectivity index (χ2n) is 5.76. The van der Waals surface area contributed by atoms with Gasteiger partial charge in [0.05, 0.1) is 5.75 Å². The molecule has 124 valence electrons. The summed E-state index contributed by atoms with van der Waals surface area (Å²) in [5, 5.41) is 0.670. The number of benzene rings is 1. The molecule has 23 heavy (non-hydrogen) atoms. The Labute approximate surface area is 145 Å². The Hall–Kier alpha value is -1.24. The molecule has 3 rings (SSSR count). The van der Waals surface area contributed by atoms with Crippen LogP contribution in [0.3, 0.4) is 0 Å². The Morgan fingerprint density at radius 3 is 2.52 bits per heavy atom. The first-order valence-corrected chi connectivity index (χ1v) is 9.20. The highest BCUT2D eigenvalue weighted by atomic mass is 35.5. The Kier molecular flexibility index (Phi) is 5.46. The standard InChI is InChI=1S/C16H20ClN3O2S/c17-13-3-1-4-14(11-13)19-9-7-18(8-10-19)5-2-6-20-15(21)12-23-16(20)22/h1,3-4,11H,2,5-10,12H2. The Balaban J connectivity index is 1.41. The van der Waals surface area contributed by atoms with E-state index in [1.54, 1.807) is 0 Å². The van der Waals surface area contributed by atoms with Crippen LogP contribution in [0.4, 0.5) is 10.5 Å². The van der Waals surface area contributed by atoms with E-state index in [-0.39, 0.29) is 11.1 Å². The minimum atomic E-state index is -0.0965. The number of thioether (sulfide) groups is 1. The van der Waals surface area contributed by atoms with Gasteiger partial charge in [-0.25, -0.2) is 0 Å². The number of anilines is 1. The lowest BCUT2D eigenvalue weighted by Crippen LogP contribution is -2.47. The maximum absolute atomic E-state index is 11.5. The number of halogens is 1. The van der Waals surface area contributed by atoms with Gasteiger partial charge < -0.3 is 4.90 Å². The van der Waals surface area contributed by atoms with Gasteiger partial charge in [0, 0.05) is 43.4 Å². The molecule has 2 saturated heterocycles. The quantitative estimate of drug-likeness (QED) is 0.814. The SMILES string of the molecule is O=C1CSC(=O)N1CCCN1CCN(c2cccc(Cl)c2)CC1. The molecule has 0 radical (unpaired) electrons. The predicted molar refractivity (Wildman–Crippen MR) is 94.3 cm³/mol. The van der Waals surface area contributed by atoms with Gasteiger partial charge in [-0.2, -0.15) is 0 Å². The van der Waals surface area contributed by atoms with E-state index in [9.17, 15) is 9.59 Å². The number of piperazine rings is 1. The normalized spacial score (nSPS) is 19.7. The highest BCUT2D eigenvalue weighted by Gasteiger charge is 2.29. The van der Waals surface area contributed by atoms with Crippen LogP contribution in [0.1, 0.15) is 6.42 Å². The third-order valence-electron chi connectivity index (χ3n) is 4.24. The summed E-state index contributed by atoms with van der Waals surface area (Å²) in [4.78, 5) is 29.2. The Morgan fingerprint density at radius 2 is 1.87 bits per heavy atom. The number of hydrogen-bond acceptors (Lipinski definition) is 5. The second-order valence-corrected chi connectivity index (χ2v) is 7.13. The van der Waals surface area contributed by atoms with Crippen LogP contribution in [0.2, 0.25) is 5.02 Å². The number of amides is 2. The molecule has 0 bridgehead atoms. The van der Waals surface area contributed by atoms with E-state index >= 15 is 0 Å². The zero-order chi connectivity index (χ0) is 16.2. The van der Waals surface area contributed by atoms with E-state index in [0.29, 0.717) is 12.3 Å². The number of carbonyl (C=O) groups is 2. The largest absolute Gasteiger partial charge is 0.369 e. The van der Waals surface area contributed by atoms with Crippen molar-refractivity contribution in [2.24, 2.45) is 0 Å². The van der Waals surface area contributed by atoms with E-state index in [1.807, 2.05) is 18.2 Å². The molecular formula is C16H20ClN3O2S. The molecule has 0 unspecified atom stereocenters. The van der Waals surface area contributed by atoms with Crippen molar-refractivity contribution in [3.05, 3.63) is 29.3 Å². The maximum atomic E-state index is 11.5. The van der Waals surface area contributed by atoms with Crippen LogP contribution in [0, 0.1) is 0 Å². The lowest BCUT2D eigenvalue weighted by molar-refractivity contribution is -0.124. The highest BCUT2D eigenvalue weighted by molar-refractivity contribution is 8.14. The smallest absolute Gasteiger partial charge is 0.288 e. The molecule has 2 aliphatic heterocycles. The Morgan fingerprint density at radius 1 is 1.09 bits per heavy atom. The molecule has 0 N–H and O–H groups in total. The van der Waals surface area contributed by atoms with Crippen molar-refractivity contribution in [3.8, 4) is 0 Å². The molecule has 1 aromatic rings. The van der Waals surface area contributed by atoms with Gasteiger partial charge in [-0.15, -0.1) is 0 Å². The summed E-state index contributed by atoms with van der Waals surface area (Å²) in [6.45, 7) is 5.38. The number of rotatable bonds is 5. The van der Waals surface area contributed by atoms with Gasteiger partial charge in [0.15, 0.2) is 0 Å². The van der Waals surface area contributed by atoms with Crippen LogP contribution >= 0.6 is 23.4 Å².